The highest BCUT2D eigenvalue weighted by Crippen LogP contribution is 2.40. The molecule has 0 aliphatic carbocycles. The second-order valence-corrected chi connectivity index (χ2v) is 10.8. The first-order valence-corrected chi connectivity index (χ1v) is 13.3. The van der Waals surface area contributed by atoms with Crippen LogP contribution in [0.4, 0.5) is 5.13 Å². The van der Waals surface area contributed by atoms with Gasteiger partial charge in [-0.3, -0.25) is 14.5 Å². The molecule has 15 heteroatoms. The molecule has 3 aromatic rings. The number of nitrogens with one attached hydrogen (secondary N) is 1. The zero-order valence-corrected chi connectivity index (χ0v) is 21.7. The highest BCUT2D eigenvalue weighted by Gasteiger charge is 2.53. The number of pyridine rings is 1. The highest BCUT2D eigenvalue weighted by atomic mass is 35.5. The molecule has 3 aromatic heterocycles. The Kier molecular flexibility index (Phi) is 6.79. The van der Waals surface area contributed by atoms with Crippen LogP contribution in [0.15, 0.2) is 53.3 Å². The first-order valence-electron chi connectivity index (χ1n) is 11.0. The predicted octanol–water partition coefficient (Wildman–Crippen LogP) is -0.236. The van der Waals surface area contributed by atoms with Crippen LogP contribution in [0.3, 0.4) is 0 Å². The number of thioether (sulfide) groups is 1. The van der Waals surface area contributed by atoms with Gasteiger partial charge >= 0.3 is 0 Å². The van der Waals surface area contributed by atoms with Gasteiger partial charge in [0.15, 0.2) is 16.4 Å². The Morgan fingerprint density at radius 1 is 1.43 bits per heavy atom. The van der Waals surface area contributed by atoms with Crippen LogP contribution in [0.1, 0.15) is 12.6 Å². The first kappa shape index (κ1) is 25.0. The summed E-state index contributed by atoms with van der Waals surface area (Å²) in [5.41, 5.74) is 6.78. The molecule has 0 spiro atoms. The standard InChI is InChI=1S/C22H20ClN7O5S2/c1-2-35-27-14(13-17(23)37-22(24)26-13)18(31)25-15-19(32)30-16(21(33)34)11(9-36-20(15)30)7-28-8-12-5-3-4-6-29(12)10-28/h3-6,8,10,15,20H,2,7,9H2,1H3,(H3-,24,25,26,31,33,34)/b27-14-/t15-,20-/m1/s1. The molecule has 5 rings (SSSR count). The van der Waals surface area contributed by atoms with Gasteiger partial charge in [-0.2, -0.15) is 0 Å². The molecule has 0 saturated carbocycles. The molecule has 1 fully saturated rings. The summed E-state index contributed by atoms with van der Waals surface area (Å²) in [5.74, 6) is -2.45. The number of hydrogen-bond acceptors (Lipinski definition) is 10. The van der Waals surface area contributed by atoms with Crippen LogP contribution in [0.5, 0.6) is 0 Å². The number of β-lactam (4-membered cyclic amide) rings is 1. The lowest BCUT2D eigenvalue weighted by Gasteiger charge is -2.50. The van der Waals surface area contributed by atoms with Crippen LogP contribution in [-0.4, -0.2) is 61.6 Å². The van der Waals surface area contributed by atoms with Crippen molar-refractivity contribution in [2.45, 2.75) is 24.9 Å². The Bertz CT molecular complexity index is 1450. The quantitative estimate of drug-likeness (QED) is 0.165. The number of rotatable bonds is 8. The van der Waals surface area contributed by atoms with E-state index in [9.17, 15) is 19.5 Å². The van der Waals surface area contributed by atoms with E-state index >= 15 is 0 Å². The van der Waals surface area contributed by atoms with Gasteiger partial charge in [0.25, 0.3) is 11.8 Å². The third kappa shape index (κ3) is 4.63. The number of oxime groups is 1. The number of halogens is 1. The summed E-state index contributed by atoms with van der Waals surface area (Å²) in [6, 6.07) is 4.74. The Morgan fingerprint density at radius 3 is 2.92 bits per heavy atom. The van der Waals surface area contributed by atoms with Crippen LogP contribution < -0.4 is 20.7 Å². The van der Waals surface area contributed by atoms with Crippen LogP contribution in [0.2, 0.25) is 4.34 Å². The molecule has 37 heavy (non-hydrogen) atoms. The summed E-state index contributed by atoms with van der Waals surface area (Å²) in [7, 11) is 0. The van der Waals surface area contributed by atoms with E-state index in [0.717, 1.165) is 21.8 Å². The number of aliphatic carboxylic acids is 1. The minimum atomic E-state index is -1.45. The van der Waals surface area contributed by atoms with Crippen molar-refractivity contribution < 1.29 is 28.9 Å². The zero-order valence-electron chi connectivity index (χ0n) is 19.3. The monoisotopic (exact) mass is 561 g/mol. The van der Waals surface area contributed by atoms with Gasteiger partial charge in [-0.15, -0.1) is 11.8 Å². The Hall–Kier alpha value is -3.62. The maximum Gasteiger partial charge on any atom is 0.276 e. The van der Waals surface area contributed by atoms with Crippen molar-refractivity contribution in [1.29, 1.82) is 0 Å². The van der Waals surface area contributed by atoms with Gasteiger partial charge < -0.3 is 25.8 Å². The molecule has 3 N–H and O–H groups in total. The fourth-order valence-electron chi connectivity index (χ4n) is 4.14. The lowest BCUT2D eigenvalue weighted by molar-refractivity contribution is -0.687. The SMILES string of the molecule is CCO/N=C(\C(=O)N[C@@H]1C(=O)N2C(C(=O)[O-])=C(C[n+]3cc4ccccn4c3)CS[C@H]12)c1nc(N)sc1Cl. The number of amides is 2. The van der Waals surface area contributed by atoms with E-state index in [0.29, 0.717) is 11.3 Å². The molecule has 1 saturated heterocycles. The summed E-state index contributed by atoms with van der Waals surface area (Å²) < 4.78 is 3.89. The fourth-order valence-corrected chi connectivity index (χ4v) is 6.40. The van der Waals surface area contributed by atoms with Crippen molar-refractivity contribution in [3.63, 3.8) is 0 Å². The van der Waals surface area contributed by atoms with E-state index in [1.807, 2.05) is 45.9 Å². The Balaban J connectivity index is 1.36. The number of fused-ring (bicyclic) bond motifs is 2. The lowest BCUT2D eigenvalue weighted by Crippen LogP contribution is -2.71. The molecular weight excluding hydrogens is 542 g/mol. The van der Waals surface area contributed by atoms with Crippen molar-refractivity contribution in [1.82, 2.24) is 19.6 Å². The lowest BCUT2D eigenvalue weighted by atomic mass is 10.0. The second kappa shape index (κ2) is 10.0. The average molecular weight is 562 g/mol. The van der Waals surface area contributed by atoms with E-state index in [4.69, 9.17) is 22.2 Å². The van der Waals surface area contributed by atoms with Crippen LogP contribution >= 0.6 is 34.7 Å². The van der Waals surface area contributed by atoms with Crippen molar-refractivity contribution in [3.05, 3.63) is 58.2 Å². The molecule has 2 atom stereocenters. The normalized spacial score (nSPS) is 19.6. The van der Waals surface area contributed by atoms with Crippen molar-refractivity contribution in [2.24, 2.45) is 5.16 Å². The summed E-state index contributed by atoms with van der Waals surface area (Å²) >= 11 is 8.46. The third-order valence-electron chi connectivity index (χ3n) is 5.72. The maximum absolute atomic E-state index is 13.1. The van der Waals surface area contributed by atoms with Gasteiger partial charge in [-0.1, -0.05) is 34.2 Å². The van der Waals surface area contributed by atoms with Gasteiger partial charge in [-0.05, 0) is 19.1 Å². The number of anilines is 1. The number of imidazole rings is 1. The summed E-state index contributed by atoms with van der Waals surface area (Å²) in [4.78, 5) is 48.4. The number of nitrogens with zero attached hydrogens (tertiary/aromatic N) is 5. The number of hydrogen-bond donors (Lipinski definition) is 2. The van der Waals surface area contributed by atoms with Crippen LogP contribution in [-0.2, 0) is 25.8 Å². The number of carboxylic acid groups (broad SMARTS) is 1. The molecule has 0 aromatic carbocycles. The fraction of sp³-hybridized carbons (Fsp3) is 0.273. The maximum atomic E-state index is 13.1. The molecule has 12 nitrogen and oxygen atoms in total. The van der Waals surface area contributed by atoms with Gasteiger partial charge in [0.2, 0.25) is 6.33 Å². The van der Waals surface area contributed by atoms with E-state index in [2.05, 4.69) is 15.5 Å². The van der Waals surface area contributed by atoms with Gasteiger partial charge in [0.1, 0.15) is 40.8 Å². The minimum absolute atomic E-state index is 0.0321. The van der Waals surface area contributed by atoms with E-state index < -0.39 is 29.2 Å². The molecule has 5 heterocycles. The highest BCUT2D eigenvalue weighted by molar-refractivity contribution is 8.00. The van der Waals surface area contributed by atoms with Crippen molar-refractivity contribution in [2.75, 3.05) is 18.1 Å². The van der Waals surface area contributed by atoms with E-state index in [1.54, 1.807) is 6.92 Å². The summed E-state index contributed by atoms with van der Waals surface area (Å²) in [6.07, 6.45) is 5.60. The molecule has 2 aliphatic rings. The largest absolute Gasteiger partial charge is 0.543 e. The predicted molar refractivity (Wildman–Crippen MR) is 134 cm³/mol. The van der Waals surface area contributed by atoms with Crippen molar-refractivity contribution >= 4 is 68.8 Å². The molecular formula is C22H20ClN7O5S2. The number of aromatic nitrogens is 3. The molecule has 2 amide bonds. The topological polar surface area (TPSA) is 158 Å². The third-order valence-corrected chi connectivity index (χ3v) is 8.14. The average Bonchev–Trinajstić information content (AvgIpc) is 3.43. The second-order valence-electron chi connectivity index (χ2n) is 8.08. The molecule has 0 bridgehead atoms. The van der Waals surface area contributed by atoms with Crippen molar-refractivity contribution in [3.8, 4) is 0 Å². The Morgan fingerprint density at radius 2 is 2.24 bits per heavy atom. The smallest absolute Gasteiger partial charge is 0.276 e. The molecule has 0 unspecified atom stereocenters. The molecule has 2 aliphatic heterocycles. The number of carbonyl (C=O) groups is 3. The minimum Gasteiger partial charge on any atom is -0.543 e. The van der Waals surface area contributed by atoms with Crippen LogP contribution in [0, 0.1) is 0 Å². The van der Waals surface area contributed by atoms with Gasteiger partial charge in [-0.25, -0.2) is 14.0 Å². The molecule has 0 radical (unpaired) electrons. The number of nitrogen functional groups attached to an aromatic ring is 1. The van der Waals surface area contributed by atoms with Crippen LogP contribution in [0.25, 0.3) is 5.52 Å². The number of carbonyl (C=O) groups excluding carboxylic acids is 3. The summed E-state index contributed by atoms with van der Waals surface area (Å²) in [5, 5.41) is 18.0. The Labute approximate surface area is 223 Å². The van der Waals surface area contributed by atoms with Gasteiger partial charge in [0, 0.05) is 11.3 Å². The van der Waals surface area contributed by atoms with E-state index in [-0.39, 0.29) is 39.7 Å². The van der Waals surface area contributed by atoms with Gasteiger partial charge in [0.05, 0.1) is 17.9 Å². The number of thiazole rings is 1. The molecule has 192 valence electrons. The van der Waals surface area contributed by atoms with E-state index in [1.165, 1.54) is 11.8 Å². The summed E-state index contributed by atoms with van der Waals surface area (Å²) in [6.45, 7) is 2.13. The number of carboxylic acids is 1. The zero-order chi connectivity index (χ0) is 26.3. The first-order chi connectivity index (χ1) is 17.8. The number of nitrogens with two attached hydrogens (primary N) is 1.